The quantitative estimate of drug-likeness (QED) is 0.286. The van der Waals surface area contributed by atoms with Gasteiger partial charge in [-0.3, -0.25) is 38.6 Å². The standard InChI is InChI=1S/C28H26Cl2N2O8S/c1-13(2)9-21(23(29)33)31-25(35)17-7-5-15(11-19(17)27(31)37)41(39,40)16-6-8-18-20(12-16)28(38)32(26(18)36)22(24(30)34)10-14(3)4/h5-8,11-14,21-22H,9-10H2,1-4H3/t21-,22-/m0/s1. The molecule has 2 atom stereocenters. The molecule has 0 unspecified atom stereocenters. The summed E-state index contributed by atoms with van der Waals surface area (Å²) in [6, 6.07) is 4.28. The van der Waals surface area contributed by atoms with E-state index in [1.54, 1.807) is 27.7 Å². The fraction of sp³-hybridized carbons (Fsp3) is 0.357. The molecule has 2 aliphatic rings. The van der Waals surface area contributed by atoms with E-state index in [9.17, 15) is 37.2 Å². The predicted molar refractivity (Wildman–Crippen MR) is 148 cm³/mol. The van der Waals surface area contributed by atoms with Crippen molar-refractivity contribution >= 4 is 67.2 Å². The normalized spacial score (nSPS) is 16.5. The molecule has 13 heteroatoms. The molecule has 2 aromatic carbocycles. The van der Waals surface area contributed by atoms with E-state index in [0.29, 0.717) is 0 Å². The second-order valence-electron chi connectivity index (χ2n) is 10.8. The van der Waals surface area contributed by atoms with E-state index in [-0.39, 0.29) is 56.7 Å². The van der Waals surface area contributed by atoms with Crippen molar-refractivity contribution in [2.75, 3.05) is 0 Å². The summed E-state index contributed by atoms with van der Waals surface area (Å²) >= 11 is 11.4. The van der Waals surface area contributed by atoms with Crippen LogP contribution in [0, 0.1) is 11.8 Å². The van der Waals surface area contributed by atoms with Crippen molar-refractivity contribution < 1.29 is 37.2 Å². The molecule has 0 aliphatic carbocycles. The third kappa shape index (κ3) is 5.33. The van der Waals surface area contributed by atoms with Crippen LogP contribution < -0.4 is 0 Å². The van der Waals surface area contributed by atoms with Gasteiger partial charge in [0.05, 0.1) is 32.0 Å². The molecule has 0 radical (unpaired) electrons. The molecule has 2 heterocycles. The number of fused-ring (bicyclic) bond motifs is 2. The van der Waals surface area contributed by atoms with E-state index in [1.165, 1.54) is 12.1 Å². The summed E-state index contributed by atoms with van der Waals surface area (Å²) < 4.78 is 27.2. The lowest BCUT2D eigenvalue weighted by Gasteiger charge is -2.24. The smallest absolute Gasteiger partial charge is 0.262 e. The van der Waals surface area contributed by atoms with Gasteiger partial charge in [-0.1, -0.05) is 27.7 Å². The molecular weight excluding hydrogens is 595 g/mol. The summed E-state index contributed by atoms with van der Waals surface area (Å²) in [4.78, 5) is 77.3. The number of sulfone groups is 1. The van der Waals surface area contributed by atoms with E-state index in [1.807, 2.05) is 0 Å². The van der Waals surface area contributed by atoms with Crippen molar-refractivity contribution in [1.29, 1.82) is 0 Å². The zero-order valence-corrected chi connectivity index (χ0v) is 24.8. The summed E-state index contributed by atoms with van der Waals surface area (Å²) in [5.41, 5.74) is -0.571. The Labute approximate surface area is 246 Å². The minimum atomic E-state index is -4.36. The van der Waals surface area contributed by atoms with Crippen LogP contribution in [0.5, 0.6) is 0 Å². The molecule has 0 bridgehead atoms. The van der Waals surface area contributed by atoms with Crippen LogP contribution in [0.3, 0.4) is 0 Å². The predicted octanol–water partition coefficient (Wildman–Crippen LogP) is 4.07. The highest BCUT2D eigenvalue weighted by atomic mass is 35.5. The van der Waals surface area contributed by atoms with E-state index >= 15 is 0 Å². The first-order chi connectivity index (χ1) is 19.1. The van der Waals surface area contributed by atoms with Crippen molar-refractivity contribution in [3.63, 3.8) is 0 Å². The van der Waals surface area contributed by atoms with Crippen molar-refractivity contribution in [3.8, 4) is 0 Å². The number of amides is 4. The van der Waals surface area contributed by atoms with Crippen molar-refractivity contribution in [2.24, 2.45) is 11.8 Å². The molecule has 0 aromatic heterocycles. The fourth-order valence-corrected chi connectivity index (χ4v) is 6.69. The molecule has 4 rings (SSSR count). The second kappa shape index (κ2) is 11.1. The average Bonchev–Trinajstić information content (AvgIpc) is 3.28. The molecule has 0 N–H and O–H groups in total. The van der Waals surface area contributed by atoms with Crippen molar-refractivity contribution in [2.45, 2.75) is 62.4 Å². The van der Waals surface area contributed by atoms with Crippen LogP contribution in [0.2, 0.25) is 0 Å². The van der Waals surface area contributed by atoms with Gasteiger partial charge in [-0.25, -0.2) is 8.42 Å². The summed E-state index contributed by atoms with van der Waals surface area (Å²) in [5, 5.41) is -1.78. The van der Waals surface area contributed by atoms with Gasteiger partial charge in [-0.2, -0.15) is 0 Å². The first kappa shape index (κ1) is 30.5. The highest BCUT2D eigenvalue weighted by Gasteiger charge is 2.45. The highest BCUT2D eigenvalue weighted by Crippen LogP contribution is 2.34. The van der Waals surface area contributed by atoms with Gasteiger partial charge in [0.1, 0.15) is 12.1 Å². The Kier molecular flexibility index (Phi) is 8.28. The van der Waals surface area contributed by atoms with E-state index in [4.69, 9.17) is 23.2 Å². The first-order valence-electron chi connectivity index (χ1n) is 12.8. The molecule has 4 amide bonds. The van der Waals surface area contributed by atoms with Crippen LogP contribution in [0.25, 0.3) is 0 Å². The molecule has 41 heavy (non-hydrogen) atoms. The summed E-state index contributed by atoms with van der Waals surface area (Å²) in [6.07, 6.45) is 0.260. The van der Waals surface area contributed by atoms with Gasteiger partial charge in [0.15, 0.2) is 0 Å². The molecule has 216 valence electrons. The molecule has 10 nitrogen and oxygen atoms in total. The third-order valence-corrected chi connectivity index (χ3v) is 9.19. The number of nitrogens with zero attached hydrogens (tertiary/aromatic N) is 2. The topological polar surface area (TPSA) is 143 Å². The Morgan fingerprint density at radius 1 is 0.634 bits per heavy atom. The third-order valence-electron chi connectivity index (χ3n) is 6.94. The number of hydrogen-bond donors (Lipinski definition) is 0. The summed E-state index contributed by atoms with van der Waals surface area (Å²) in [5.74, 6) is -3.38. The molecule has 2 aromatic rings. The maximum absolute atomic E-state index is 13.6. The largest absolute Gasteiger partial charge is 0.279 e. The average molecular weight is 621 g/mol. The van der Waals surface area contributed by atoms with Crippen LogP contribution in [0.4, 0.5) is 0 Å². The van der Waals surface area contributed by atoms with Gasteiger partial charge >= 0.3 is 0 Å². The Balaban J connectivity index is 1.71. The maximum atomic E-state index is 13.6. The molecule has 0 saturated heterocycles. The van der Waals surface area contributed by atoms with Crippen LogP contribution in [0.1, 0.15) is 82.0 Å². The van der Waals surface area contributed by atoms with Gasteiger partial charge < -0.3 is 0 Å². The summed E-state index contributed by atoms with van der Waals surface area (Å²) in [7, 11) is -4.36. The Hall–Kier alpha value is -3.41. The van der Waals surface area contributed by atoms with Crippen LogP contribution in [-0.2, 0) is 19.4 Å². The number of hydrogen-bond acceptors (Lipinski definition) is 8. The van der Waals surface area contributed by atoms with E-state index in [0.717, 1.165) is 34.1 Å². The zero-order valence-electron chi connectivity index (χ0n) is 22.5. The number of benzene rings is 2. The van der Waals surface area contributed by atoms with Gasteiger partial charge in [0.25, 0.3) is 23.6 Å². The number of carbonyl (C=O) groups excluding carboxylic acids is 6. The molecule has 2 aliphatic heterocycles. The van der Waals surface area contributed by atoms with Gasteiger partial charge in [0, 0.05) is 0 Å². The lowest BCUT2D eigenvalue weighted by atomic mass is 10.0. The fourth-order valence-electron chi connectivity index (χ4n) is 5.01. The SMILES string of the molecule is CC(C)C[C@@H](C(=O)Cl)N1C(=O)c2ccc(S(=O)(=O)c3ccc4c(c3)C(=O)N([C@@H](CC(C)C)C(=O)Cl)C4=O)cc2C1=O. The monoisotopic (exact) mass is 620 g/mol. The second-order valence-corrected chi connectivity index (χ2v) is 13.5. The molecule has 0 saturated carbocycles. The van der Waals surface area contributed by atoms with Gasteiger partial charge in [0.2, 0.25) is 20.3 Å². The van der Waals surface area contributed by atoms with Crippen LogP contribution >= 0.6 is 23.2 Å². The Morgan fingerprint density at radius 3 is 1.24 bits per heavy atom. The van der Waals surface area contributed by atoms with Gasteiger partial charge in [-0.15, -0.1) is 0 Å². The highest BCUT2D eigenvalue weighted by molar-refractivity contribution is 7.91. The Bertz CT molecular complexity index is 1520. The number of imide groups is 2. The van der Waals surface area contributed by atoms with Gasteiger partial charge in [-0.05, 0) is 84.3 Å². The molecule has 0 fully saturated rings. The molecular formula is C28H26Cl2N2O8S. The number of carbonyl (C=O) groups is 6. The van der Waals surface area contributed by atoms with E-state index in [2.05, 4.69) is 0 Å². The first-order valence-corrected chi connectivity index (χ1v) is 15.0. The zero-order chi connectivity index (χ0) is 30.5. The minimum Gasteiger partial charge on any atom is -0.279 e. The Morgan fingerprint density at radius 2 is 0.951 bits per heavy atom. The lowest BCUT2D eigenvalue weighted by Crippen LogP contribution is -2.44. The van der Waals surface area contributed by atoms with Crippen LogP contribution in [0.15, 0.2) is 46.2 Å². The summed E-state index contributed by atoms with van der Waals surface area (Å²) in [6.45, 7) is 7.17. The number of halogens is 2. The molecule has 0 spiro atoms. The number of rotatable bonds is 10. The van der Waals surface area contributed by atoms with Crippen molar-refractivity contribution in [3.05, 3.63) is 58.7 Å². The van der Waals surface area contributed by atoms with Crippen molar-refractivity contribution in [1.82, 2.24) is 9.80 Å². The minimum absolute atomic E-state index is 0.0727. The van der Waals surface area contributed by atoms with Crippen LogP contribution in [-0.4, -0.2) is 64.4 Å². The lowest BCUT2D eigenvalue weighted by molar-refractivity contribution is -0.116. The maximum Gasteiger partial charge on any atom is 0.262 e. The van der Waals surface area contributed by atoms with E-state index < -0.39 is 56.0 Å².